The van der Waals surface area contributed by atoms with Crippen LogP contribution < -0.4 is 10.0 Å². The maximum absolute atomic E-state index is 11.7. The van der Waals surface area contributed by atoms with Crippen molar-refractivity contribution < 1.29 is 8.42 Å². The molecule has 5 heteroatoms. The summed E-state index contributed by atoms with van der Waals surface area (Å²) >= 11 is 0. The molecule has 2 rings (SSSR count). The highest BCUT2D eigenvalue weighted by molar-refractivity contribution is 7.89. The van der Waals surface area contributed by atoms with Gasteiger partial charge >= 0.3 is 0 Å². The molecule has 0 amide bonds. The zero-order valence-corrected chi connectivity index (χ0v) is 12.3. The van der Waals surface area contributed by atoms with Gasteiger partial charge in [-0.3, -0.25) is 0 Å². The van der Waals surface area contributed by atoms with Crippen molar-refractivity contribution in [2.75, 3.05) is 24.2 Å². The molecule has 0 bridgehead atoms. The molecule has 4 nitrogen and oxygen atoms in total. The average Bonchev–Trinajstić information content (AvgIpc) is 2.71. The topological polar surface area (TPSA) is 58.2 Å². The first kappa shape index (κ1) is 14.3. The first-order valence-corrected chi connectivity index (χ1v) is 8.43. The minimum atomic E-state index is -3.12. The lowest BCUT2D eigenvalue weighted by Crippen LogP contribution is -2.30. The van der Waals surface area contributed by atoms with Crippen LogP contribution in [0, 0.1) is 5.92 Å². The van der Waals surface area contributed by atoms with Crippen LogP contribution in [-0.2, 0) is 10.0 Å². The summed E-state index contributed by atoms with van der Waals surface area (Å²) in [7, 11) is -3.12. The average molecular weight is 282 g/mol. The van der Waals surface area contributed by atoms with Gasteiger partial charge in [-0.1, -0.05) is 32.0 Å². The minimum absolute atomic E-state index is 0.159. The Kier molecular flexibility index (Phi) is 4.47. The van der Waals surface area contributed by atoms with Gasteiger partial charge in [0.2, 0.25) is 10.0 Å². The van der Waals surface area contributed by atoms with Crippen LogP contribution in [0.2, 0.25) is 0 Å². The Morgan fingerprint density at radius 1 is 1.37 bits per heavy atom. The standard InChI is InChI=1S/C14H22N2O2S/c1-11(2)10-19(17,18)16-8-7-12-9-15-14-6-4-3-5-13(12)14/h3-6,11-12,15-16H,7-10H2,1-2H3. The molecule has 0 aliphatic carbocycles. The number of benzene rings is 1. The van der Waals surface area contributed by atoms with Gasteiger partial charge in [0.15, 0.2) is 0 Å². The second-order valence-electron chi connectivity index (χ2n) is 5.52. The summed E-state index contributed by atoms with van der Waals surface area (Å²) in [5.41, 5.74) is 2.48. The quantitative estimate of drug-likeness (QED) is 0.840. The van der Waals surface area contributed by atoms with Gasteiger partial charge in [-0.15, -0.1) is 0 Å². The molecule has 2 N–H and O–H groups in total. The van der Waals surface area contributed by atoms with Crippen LogP contribution >= 0.6 is 0 Å². The predicted molar refractivity (Wildman–Crippen MR) is 78.9 cm³/mol. The van der Waals surface area contributed by atoms with Crippen LogP contribution in [0.4, 0.5) is 5.69 Å². The molecule has 0 radical (unpaired) electrons. The number of para-hydroxylation sites is 1. The van der Waals surface area contributed by atoms with E-state index in [9.17, 15) is 8.42 Å². The normalized spacial score (nSPS) is 18.4. The summed E-state index contributed by atoms with van der Waals surface area (Å²) in [5, 5.41) is 3.35. The second kappa shape index (κ2) is 5.92. The fraction of sp³-hybridized carbons (Fsp3) is 0.571. The fourth-order valence-electron chi connectivity index (χ4n) is 2.50. The largest absolute Gasteiger partial charge is 0.384 e. The van der Waals surface area contributed by atoms with Crippen LogP contribution in [0.3, 0.4) is 0 Å². The van der Waals surface area contributed by atoms with Gasteiger partial charge < -0.3 is 5.32 Å². The third kappa shape index (κ3) is 3.94. The van der Waals surface area contributed by atoms with E-state index < -0.39 is 10.0 Å². The summed E-state index contributed by atoms with van der Waals surface area (Å²) in [5.74, 6) is 0.760. The van der Waals surface area contributed by atoms with Crippen molar-refractivity contribution in [3.63, 3.8) is 0 Å². The Morgan fingerprint density at radius 3 is 2.84 bits per heavy atom. The first-order chi connectivity index (χ1) is 8.98. The van der Waals surface area contributed by atoms with Gasteiger partial charge in [-0.05, 0) is 24.0 Å². The molecule has 19 heavy (non-hydrogen) atoms. The highest BCUT2D eigenvalue weighted by Gasteiger charge is 2.21. The van der Waals surface area contributed by atoms with Crippen LogP contribution in [-0.4, -0.2) is 27.3 Å². The van der Waals surface area contributed by atoms with Crippen molar-refractivity contribution in [3.8, 4) is 0 Å². The van der Waals surface area contributed by atoms with Crippen LogP contribution in [0.25, 0.3) is 0 Å². The smallest absolute Gasteiger partial charge is 0.211 e. The summed E-state index contributed by atoms with van der Waals surface area (Å²) in [6.45, 7) is 5.23. The molecule has 1 aliphatic rings. The highest BCUT2D eigenvalue weighted by Crippen LogP contribution is 2.32. The number of nitrogens with one attached hydrogen (secondary N) is 2. The molecule has 0 spiro atoms. The molecular formula is C14H22N2O2S. The van der Waals surface area contributed by atoms with E-state index in [4.69, 9.17) is 0 Å². The first-order valence-electron chi connectivity index (χ1n) is 6.78. The van der Waals surface area contributed by atoms with Crippen molar-refractivity contribution in [3.05, 3.63) is 29.8 Å². The van der Waals surface area contributed by atoms with E-state index in [1.165, 1.54) is 11.3 Å². The van der Waals surface area contributed by atoms with Crippen molar-refractivity contribution >= 4 is 15.7 Å². The molecule has 1 heterocycles. The van der Waals surface area contributed by atoms with Gasteiger partial charge in [0.25, 0.3) is 0 Å². The number of rotatable bonds is 6. The summed E-state index contributed by atoms with van der Waals surface area (Å²) in [4.78, 5) is 0. The van der Waals surface area contributed by atoms with E-state index in [-0.39, 0.29) is 11.7 Å². The van der Waals surface area contributed by atoms with Crippen molar-refractivity contribution in [1.82, 2.24) is 4.72 Å². The van der Waals surface area contributed by atoms with Gasteiger partial charge in [-0.25, -0.2) is 13.1 Å². The molecule has 0 saturated carbocycles. The third-order valence-corrected chi connectivity index (χ3v) is 5.06. The van der Waals surface area contributed by atoms with Gasteiger partial charge in [0.05, 0.1) is 5.75 Å². The lowest BCUT2D eigenvalue weighted by molar-refractivity contribution is 0.560. The summed E-state index contributed by atoms with van der Waals surface area (Å²) in [6, 6.07) is 8.22. The number of hydrogen-bond donors (Lipinski definition) is 2. The molecule has 1 aliphatic heterocycles. The Balaban J connectivity index is 1.85. The molecule has 0 saturated heterocycles. The van der Waals surface area contributed by atoms with Gasteiger partial charge in [0, 0.05) is 24.7 Å². The Labute approximate surface area is 115 Å². The number of anilines is 1. The summed E-state index contributed by atoms with van der Waals surface area (Å²) < 4.78 is 26.2. The van der Waals surface area contributed by atoms with E-state index >= 15 is 0 Å². The molecule has 0 aromatic heterocycles. The van der Waals surface area contributed by atoms with Crippen molar-refractivity contribution in [1.29, 1.82) is 0 Å². The zero-order chi connectivity index (χ0) is 13.9. The second-order valence-corrected chi connectivity index (χ2v) is 7.37. The highest BCUT2D eigenvalue weighted by atomic mass is 32.2. The number of hydrogen-bond acceptors (Lipinski definition) is 3. The fourth-order valence-corrected chi connectivity index (χ4v) is 3.93. The Morgan fingerprint density at radius 2 is 2.11 bits per heavy atom. The van der Waals surface area contributed by atoms with Gasteiger partial charge in [-0.2, -0.15) is 0 Å². The molecule has 1 atom stereocenters. The minimum Gasteiger partial charge on any atom is -0.384 e. The summed E-state index contributed by atoms with van der Waals surface area (Å²) in [6.07, 6.45) is 0.835. The zero-order valence-electron chi connectivity index (χ0n) is 11.5. The molecule has 1 unspecified atom stereocenters. The predicted octanol–water partition coefficient (Wildman–Crippen LogP) is 2.16. The Bertz CT molecular complexity index is 526. The Hall–Kier alpha value is -1.07. The van der Waals surface area contributed by atoms with Crippen LogP contribution in [0.15, 0.2) is 24.3 Å². The lowest BCUT2D eigenvalue weighted by Gasteiger charge is -2.12. The van der Waals surface area contributed by atoms with Crippen molar-refractivity contribution in [2.45, 2.75) is 26.2 Å². The molecular weight excluding hydrogens is 260 g/mol. The molecule has 1 aromatic rings. The maximum atomic E-state index is 11.7. The van der Waals surface area contributed by atoms with E-state index in [0.29, 0.717) is 12.5 Å². The monoisotopic (exact) mass is 282 g/mol. The van der Waals surface area contributed by atoms with E-state index in [2.05, 4.69) is 22.2 Å². The van der Waals surface area contributed by atoms with Crippen LogP contribution in [0.5, 0.6) is 0 Å². The van der Waals surface area contributed by atoms with E-state index in [1.54, 1.807) is 0 Å². The molecule has 0 fully saturated rings. The number of fused-ring (bicyclic) bond motifs is 1. The third-order valence-electron chi connectivity index (χ3n) is 3.31. The van der Waals surface area contributed by atoms with Crippen molar-refractivity contribution in [2.24, 2.45) is 5.92 Å². The molecule has 106 valence electrons. The van der Waals surface area contributed by atoms with Gasteiger partial charge in [0.1, 0.15) is 0 Å². The molecule has 1 aromatic carbocycles. The SMILES string of the molecule is CC(C)CS(=O)(=O)NCCC1CNc2ccccc21. The van der Waals surface area contributed by atoms with E-state index in [1.807, 2.05) is 26.0 Å². The number of sulfonamides is 1. The van der Waals surface area contributed by atoms with E-state index in [0.717, 1.165) is 13.0 Å². The lowest BCUT2D eigenvalue weighted by atomic mass is 9.98. The maximum Gasteiger partial charge on any atom is 0.211 e. The van der Waals surface area contributed by atoms with Crippen LogP contribution in [0.1, 0.15) is 31.7 Å².